The second-order valence-electron chi connectivity index (χ2n) is 6.30. The summed E-state index contributed by atoms with van der Waals surface area (Å²) in [4.78, 5) is 33.7. The molecule has 1 unspecified atom stereocenters. The summed E-state index contributed by atoms with van der Waals surface area (Å²) in [6.07, 6.45) is -5.19. The number of ether oxygens (including phenoxy) is 2. The van der Waals surface area contributed by atoms with Gasteiger partial charge in [-0.3, -0.25) is 14.9 Å². The summed E-state index contributed by atoms with van der Waals surface area (Å²) in [5.41, 5.74) is -3.60. The Balaban J connectivity index is 2.49. The van der Waals surface area contributed by atoms with Gasteiger partial charge in [-0.25, -0.2) is 0 Å². The standard InChI is InChI=1S/C18H14ClF3N2O6/c1-17(23-26,9-16(25)29-2)12-8-11(4-5-14(12)24(27)28)30-15-6-3-10(7-13(15)19)18(20,21)22/h3-8H,9H2,1-2H3. The third kappa shape index (κ3) is 5.03. The Kier molecular flexibility index (Phi) is 6.66. The van der Waals surface area contributed by atoms with Crippen LogP contribution in [0.2, 0.25) is 5.02 Å². The van der Waals surface area contributed by atoms with Crippen molar-refractivity contribution in [3.05, 3.63) is 67.6 Å². The molecule has 0 saturated heterocycles. The summed E-state index contributed by atoms with van der Waals surface area (Å²) in [7, 11) is 1.08. The van der Waals surface area contributed by atoms with Gasteiger partial charge in [0.1, 0.15) is 17.0 Å². The van der Waals surface area contributed by atoms with Gasteiger partial charge in [-0.15, -0.1) is 4.91 Å². The minimum Gasteiger partial charge on any atom is -0.469 e. The average Bonchev–Trinajstić information content (AvgIpc) is 2.68. The normalized spacial score (nSPS) is 13.3. The fourth-order valence-electron chi connectivity index (χ4n) is 2.59. The maximum absolute atomic E-state index is 12.8. The van der Waals surface area contributed by atoms with Crippen molar-refractivity contribution in [2.24, 2.45) is 5.18 Å². The predicted octanol–water partition coefficient (Wildman–Crippen LogP) is 5.60. The number of nitrogens with zero attached hydrogens (tertiary/aromatic N) is 2. The Morgan fingerprint density at radius 2 is 1.90 bits per heavy atom. The van der Waals surface area contributed by atoms with Crippen LogP contribution in [0.4, 0.5) is 18.9 Å². The van der Waals surface area contributed by atoms with Gasteiger partial charge in [0.25, 0.3) is 5.69 Å². The minimum atomic E-state index is -4.60. The van der Waals surface area contributed by atoms with Crippen LogP contribution in [-0.2, 0) is 21.2 Å². The highest BCUT2D eigenvalue weighted by Crippen LogP contribution is 2.41. The maximum Gasteiger partial charge on any atom is 0.416 e. The number of methoxy groups -OCH3 is 1. The number of rotatable bonds is 7. The van der Waals surface area contributed by atoms with Crippen LogP contribution in [0.1, 0.15) is 24.5 Å². The van der Waals surface area contributed by atoms with Crippen molar-refractivity contribution in [3.63, 3.8) is 0 Å². The van der Waals surface area contributed by atoms with Crippen LogP contribution in [0.25, 0.3) is 0 Å². The molecule has 0 aliphatic carbocycles. The molecule has 0 bridgehead atoms. The minimum absolute atomic E-state index is 0.0722. The van der Waals surface area contributed by atoms with Gasteiger partial charge in [-0.1, -0.05) is 16.8 Å². The molecule has 0 spiro atoms. The van der Waals surface area contributed by atoms with Crippen molar-refractivity contribution >= 4 is 23.3 Å². The van der Waals surface area contributed by atoms with Crippen molar-refractivity contribution in [2.75, 3.05) is 7.11 Å². The zero-order valence-corrected chi connectivity index (χ0v) is 16.3. The van der Waals surface area contributed by atoms with E-state index in [-0.39, 0.29) is 22.1 Å². The zero-order valence-electron chi connectivity index (χ0n) is 15.5. The van der Waals surface area contributed by atoms with Gasteiger partial charge in [0, 0.05) is 6.07 Å². The topological polar surface area (TPSA) is 108 Å². The van der Waals surface area contributed by atoms with E-state index < -0.39 is 40.3 Å². The average molecular weight is 447 g/mol. The second-order valence-corrected chi connectivity index (χ2v) is 6.71. The molecule has 0 aliphatic rings. The van der Waals surface area contributed by atoms with Crippen molar-refractivity contribution < 1.29 is 32.4 Å². The molecule has 30 heavy (non-hydrogen) atoms. The highest BCUT2D eigenvalue weighted by molar-refractivity contribution is 6.32. The molecule has 1 atom stereocenters. The van der Waals surface area contributed by atoms with Gasteiger partial charge in [-0.2, -0.15) is 13.2 Å². The van der Waals surface area contributed by atoms with E-state index in [9.17, 15) is 33.0 Å². The lowest BCUT2D eigenvalue weighted by Crippen LogP contribution is -2.25. The highest BCUT2D eigenvalue weighted by Gasteiger charge is 2.38. The molecule has 0 aromatic heterocycles. The molecule has 0 fully saturated rings. The lowest BCUT2D eigenvalue weighted by atomic mass is 9.88. The molecule has 0 radical (unpaired) electrons. The Bertz CT molecular complexity index is 998. The Morgan fingerprint density at radius 1 is 1.23 bits per heavy atom. The van der Waals surface area contributed by atoms with Gasteiger partial charge in [0.2, 0.25) is 0 Å². The van der Waals surface area contributed by atoms with Gasteiger partial charge in [0.05, 0.1) is 34.6 Å². The van der Waals surface area contributed by atoms with Crippen LogP contribution in [0.15, 0.2) is 41.6 Å². The first-order valence-corrected chi connectivity index (χ1v) is 8.54. The van der Waals surface area contributed by atoms with Gasteiger partial charge in [-0.05, 0) is 37.3 Å². The second kappa shape index (κ2) is 8.66. The first kappa shape index (κ1) is 23.1. The van der Waals surface area contributed by atoms with E-state index in [1.54, 1.807) is 0 Å². The number of nitroso groups, excluding NO2 is 1. The van der Waals surface area contributed by atoms with Crippen molar-refractivity contribution in [1.29, 1.82) is 0 Å². The molecule has 0 N–H and O–H groups in total. The molecule has 0 aliphatic heterocycles. The molecular formula is C18H14ClF3N2O6. The maximum atomic E-state index is 12.8. The molecule has 8 nitrogen and oxygen atoms in total. The third-order valence-corrected chi connectivity index (χ3v) is 4.45. The lowest BCUT2D eigenvalue weighted by Gasteiger charge is -2.21. The number of nitro groups is 1. The molecule has 2 rings (SSSR count). The molecule has 0 saturated carbocycles. The SMILES string of the molecule is COC(=O)CC(C)(N=O)c1cc(Oc2ccc(C(F)(F)F)cc2Cl)ccc1[N+](=O)[O-]. The quantitative estimate of drug-likeness (QED) is 0.237. The summed E-state index contributed by atoms with van der Waals surface area (Å²) < 4.78 is 48.2. The summed E-state index contributed by atoms with van der Waals surface area (Å²) in [6, 6.07) is 5.68. The number of hydrogen-bond donors (Lipinski definition) is 0. The molecular weight excluding hydrogens is 433 g/mol. The number of esters is 1. The Morgan fingerprint density at radius 3 is 2.40 bits per heavy atom. The van der Waals surface area contributed by atoms with E-state index in [0.717, 1.165) is 31.4 Å². The van der Waals surface area contributed by atoms with Crippen molar-refractivity contribution in [3.8, 4) is 11.5 Å². The summed E-state index contributed by atoms with van der Waals surface area (Å²) in [6.45, 7) is 1.20. The fourth-order valence-corrected chi connectivity index (χ4v) is 2.81. The van der Waals surface area contributed by atoms with E-state index in [4.69, 9.17) is 16.3 Å². The number of hydrogen-bond acceptors (Lipinski definition) is 7. The van der Waals surface area contributed by atoms with Crippen LogP contribution in [0.3, 0.4) is 0 Å². The summed E-state index contributed by atoms with van der Waals surface area (Å²) in [5, 5.41) is 13.9. The van der Waals surface area contributed by atoms with E-state index in [2.05, 4.69) is 9.91 Å². The van der Waals surface area contributed by atoms with E-state index in [1.807, 2.05) is 0 Å². The zero-order chi connectivity index (χ0) is 22.7. The summed E-state index contributed by atoms with van der Waals surface area (Å²) in [5.74, 6) is -1.06. The van der Waals surface area contributed by atoms with E-state index >= 15 is 0 Å². The smallest absolute Gasteiger partial charge is 0.416 e. The first-order chi connectivity index (χ1) is 13.9. The predicted molar refractivity (Wildman–Crippen MR) is 99.4 cm³/mol. The Hall–Kier alpha value is -3.21. The number of halogens is 4. The monoisotopic (exact) mass is 446 g/mol. The number of alkyl halides is 3. The number of nitro benzene ring substituents is 1. The molecule has 0 heterocycles. The Labute approximate surface area is 172 Å². The number of benzene rings is 2. The number of carbonyl (C=O) groups is 1. The molecule has 2 aromatic carbocycles. The third-order valence-electron chi connectivity index (χ3n) is 4.15. The van der Waals surface area contributed by atoms with Crippen LogP contribution in [0.5, 0.6) is 11.5 Å². The lowest BCUT2D eigenvalue weighted by molar-refractivity contribution is -0.386. The van der Waals surface area contributed by atoms with E-state index in [0.29, 0.717) is 6.07 Å². The first-order valence-electron chi connectivity index (χ1n) is 8.16. The van der Waals surface area contributed by atoms with Crippen molar-refractivity contribution in [1.82, 2.24) is 0 Å². The molecule has 160 valence electrons. The largest absolute Gasteiger partial charge is 0.469 e. The van der Waals surface area contributed by atoms with Crippen LogP contribution < -0.4 is 4.74 Å². The van der Waals surface area contributed by atoms with Crippen molar-refractivity contribution in [2.45, 2.75) is 25.1 Å². The van der Waals surface area contributed by atoms with E-state index in [1.165, 1.54) is 13.0 Å². The van der Waals surface area contributed by atoms with Crippen LogP contribution in [0, 0.1) is 15.0 Å². The molecule has 2 aromatic rings. The van der Waals surface area contributed by atoms with Gasteiger partial charge in [0.15, 0.2) is 0 Å². The molecule has 12 heteroatoms. The molecule has 0 amide bonds. The van der Waals surface area contributed by atoms with Crippen LogP contribution >= 0.6 is 11.6 Å². The highest BCUT2D eigenvalue weighted by atomic mass is 35.5. The fraction of sp³-hybridized carbons (Fsp3) is 0.278. The van der Waals surface area contributed by atoms with Gasteiger partial charge >= 0.3 is 12.1 Å². The van der Waals surface area contributed by atoms with Crippen LogP contribution in [-0.4, -0.2) is 18.0 Å². The number of carbonyl (C=O) groups excluding carboxylic acids is 1. The summed E-state index contributed by atoms with van der Waals surface area (Å²) >= 11 is 5.85. The van der Waals surface area contributed by atoms with Gasteiger partial charge < -0.3 is 9.47 Å².